The van der Waals surface area contributed by atoms with E-state index in [4.69, 9.17) is 21.3 Å². The minimum atomic E-state index is -0.310. The molecule has 1 saturated heterocycles. The fourth-order valence-corrected chi connectivity index (χ4v) is 5.73. The zero-order valence-corrected chi connectivity index (χ0v) is 22.4. The molecule has 2 atom stereocenters. The first-order valence-electron chi connectivity index (χ1n) is 13.1. The van der Waals surface area contributed by atoms with Crippen molar-refractivity contribution in [3.63, 3.8) is 0 Å². The van der Waals surface area contributed by atoms with Crippen LogP contribution in [0.4, 0.5) is 4.79 Å². The molecule has 1 aromatic carbocycles. The van der Waals surface area contributed by atoms with Crippen molar-refractivity contribution in [3.8, 4) is 0 Å². The maximum Gasteiger partial charge on any atom is 0.410 e. The molecule has 2 aliphatic rings. The summed E-state index contributed by atoms with van der Waals surface area (Å²) < 4.78 is 5.29. The van der Waals surface area contributed by atoms with E-state index in [0.717, 1.165) is 64.1 Å². The van der Waals surface area contributed by atoms with E-state index in [-0.39, 0.29) is 18.0 Å². The maximum absolute atomic E-state index is 13.4. The van der Waals surface area contributed by atoms with Crippen LogP contribution in [0, 0.1) is 6.92 Å². The van der Waals surface area contributed by atoms with Crippen LogP contribution >= 0.6 is 11.6 Å². The number of aryl methyl sites for hydroxylation is 1. The Morgan fingerprint density at radius 2 is 2.03 bits per heavy atom. The van der Waals surface area contributed by atoms with E-state index in [0.29, 0.717) is 37.7 Å². The number of hydrogen-bond donors (Lipinski definition) is 0. The lowest BCUT2D eigenvalue weighted by Gasteiger charge is -2.39. The van der Waals surface area contributed by atoms with Gasteiger partial charge in [-0.2, -0.15) is 0 Å². The second kappa shape index (κ2) is 10.7. The number of benzene rings is 1. The molecule has 3 heterocycles. The third-order valence-electron chi connectivity index (χ3n) is 7.46. The summed E-state index contributed by atoms with van der Waals surface area (Å²) >= 11 is 6.86. The molecule has 194 valence electrons. The number of pyridine rings is 2. The quantitative estimate of drug-likeness (QED) is 0.450. The Balaban J connectivity index is 1.35. The number of carbonyl (C=O) groups is 2. The van der Waals surface area contributed by atoms with E-state index < -0.39 is 0 Å². The van der Waals surface area contributed by atoms with Gasteiger partial charge in [-0.15, -0.1) is 0 Å². The summed E-state index contributed by atoms with van der Waals surface area (Å²) in [5.74, 6) is 0.244. The summed E-state index contributed by atoms with van der Waals surface area (Å²) in [7, 11) is 0. The molecule has 1 aliphatic carbocycles. The molecule has 0 spiro atoms. The molecular formula is C29H33ClN4O3. The van der Waals surface area contributed by atoms with Crippen molar-refractivity contribution in [2.45, 2.75) is 58.4 Å². The summed E-state index contributed by atoms with van der Waals surface area (Å²) in [6.45, 7) is 7.74. The zero-order chi connectivity index (χ0) is 26.1. The summed E-state index contributed by atoms with van der Waals surface area (Å²) in [5.41, 5.74) is 5.66. The number of nitrogens with zero attached hydrogens (tertiary/aromatic N) is 4. The molecule has 1 aliphatic heterocycles. The lowest BCUT2D eigenvalue weighted by molar-refractivity contribution is 0.0412. The van der Waals surface area contributed by atoms with E-state index in [1.165, 1.54) is 0 Å². The van der Waals surface area contributed by atoms with E-state index in [1.807, 2.05) is 45.2 Å². The molecule has 1 fully saturated rings. The molecule has 0 saturated carbocycles. The highest BCUT2D eigenvalue weighted by atomic mass is 35.5. The maximum atomic E-state index is 13.4. The monoisotopic (exact) mass is 520 g/mol. The molecule has 8 heteroatoms. The van der Waals surface area contributed by atoms with Crippen molar-refractivity contribution < 1.29 is 14.3 Å². The SMILES string of the molecule is CCCOC(=O)N1CCN(C(=O)c2ccc3c(Cl)c4c(nc3c2)CC(c2ccc(C)cn2)CC4)C[C@H]1C. The topological polar surface area (TPSA) is 75.6 Å². The van der Waals surface area contributed by atoms with Gasteiger partial charge >= 0.3 is 6.09 Å². The molecular weight excluding hydrogens is 488 g/mol. The van der Waals surface area contributed by atoms with Crippen molar-refractivity contribution in [1.29, 1.82) is 0 Å². The summed E-state index contributed by atoms with van der Waals surface area (Å²) in [6, 6.07) is 9.69. The van der Waals surface area contributed by atoms with E-state index >= 15 is 0 Å². The normalized spacial score (nSPS) is 19.6. The minimum absolute atomic E-state index is 0.0623. The summed E-state index contributed by atoms with van der Waals surface area (Å²) in [4.78, 5) is 38.8. The lowest BCUT2D eigenvalue weighted by Crippen LogP contribution is -2.55. The highest BCUT2D eigenvalue weighted by molar-refractivity contribution is 6.36. The van der Waals surface area contributed by atoms with Gasteiger partial charge in [0.2, 0.25) is 0 Å². The number of piperazine rings is 1. The fourth-order valence-electron chi connectivity index (χ4n) is 5.36. The van der Waals surface area contributed by atoms with Gasteiger partial charge in [-0.25, -0.2) is 4.79 Å². The van der Waals surface area contributed by atoms with Crippen LogP contribution in [0.15, 0.2) is 36.5 Å². The molecule has 0 N–H and O–H groups in total. The van der Waals surface area contributed by atoms with Crippen molar-refractivity contribution in [3.05, 3.63) is 69.6 Å². The third kappa shape index (κ3) is 5.14. The smallest absolute Gasteiger partial charge is 0.410 e. The Bertz CT molecular complexity index is 1330. The zero-order valence-electron chi connectivity index (χ0n) is 21.7. The summed E-state index contributed by atoms with van der Waals surface area (Å²) in [6.07, 6.45) is 5.02. The average molecular weight is 521 g/mol. The first-order valence-corrected chi connectivity index (χ1v) is 13.5. The van der Waals surface area contributed by atoms with Crippen LogP contribution in [0.3, 0.4) is 0 Å². The van der Waals surface area contributed by atoms with E-state index in [2.05, 4.69) is 17.1 Å². The predicted molar refractivity (Wildman–Crippen MR) is 144 cm³/mol. The molecule has 0 bridgehead atoms. The Kier molecular flexibility index (Phi) is 7.33. The highest BCUT2D eigenvalue weighted by Gasteiger charge is 2.31. The number of rotatable bonds is 4. The van der Waals surface area contributed by atoms with Gasteiger partial charge in [-0.3, -0.25) is 14.8 Å². The van der Waals surface area contributed by atoms with Crippen LogP contribution < -0.4 is 0 Å². The Hall–Kier alpha value is -3.19. The highest BCUT2D eigenvalue weighted by Crippen LogP contribution is 2.38. The first-order chi connectivity index (χ1) is 17.9. The van der Waals surface area contributed by atoms with E-state index in [9.17, 15) is 9.59 Å². The largest absolute Gasteiger partial charge is 0.449 e. The molecule has 2 amide bonds. The standard InChI is InChI=1S/C29H33ClN4O3/c1-4-13-37-29(36)34-12-11-33(17-19(34)3)28(35)21-7-9-23-26(15-21)32-25-14-20(6-8-22(25)27(23)30)24-10-5-18(2)16-31-24/h5,7,9-10,15-16,19-20H,4,6,8,11-14,17H2,1-3H3/t19-,20?/m1/s1. The number of amides is 2. The third-order valence-corrected chi connectivity index (χ3v) is 7.90. The van der Waals surface area contributed by atoms with Crippen LogP contribution in [0.1, 0.15) is 65.5 Å². The number of aromatic nitrogens is 2. The van der Waals surface area contributed by atoms with Crippen molar-refractivity contribution in [2.75, 3.05) is 26.2 Å². The Morgan fingerprint density at radius 3 is 2.76 bits per heavy atom. The van der Waals surface area contributed by atoms with Crippen LogP contribution in [0.5, 0.6) is 0 Å². The molecule has 2 aromatic heterocycles. The first kappa shape index (κ1) is 25.5. The minimum Gasteiger partial charge on any atom is -0.449 e. The molecule has 37 heavy (non-hydrogen) atoms. The van der Waals surface area contributed by atoms with Crippen molar-refractivity contribution >= 4 is 34.5 Å². The van der Waals surface area contributed by atoms with E-state index in [1.54, 1.807) is 9.80 Å². The fraction of sp³-hybridized carbons (Fsp3) is 0.448. The van der Waals surface area contributed by atoms with Crippen LogP contribution in [0.25, 0.3) is 10.9 Å². The Morgan fingerprint density at radius 1 is 1.19 bits per heavy atom. The van der Waals surface area contributed by atoms with Crippen LogP contribution in [-0.2, 0) is 17.6 Å². The molecule has 1 unspecified atom stereocenters. The average Bonchev–Trinajstić information content (AvgIpc) is 2.91. The lowest BCUT2D eigenvalue weighted by atomic mass is 9.84. The van der Waals surface area contributed by atoms with Crippen molar-refractivity contribution in [2.24, 2.45) is 0 Å². The number of ether oxygens (including phenoxy) is 1. The number of halogens is 1. The van der Waals surface area contributed by atoms with Gasteiger partial charge < -0.3 is 14.5 Å². The predicted octanol–water partition coefficient (Wildman–Crippen LogP) is 5.56. The number of carbonyl (C=O) groups excluding carboxylic acids is 2. The Labute approximate surface area is 222 Å². The van der Waals surface area contributed by atoms with Crippen LogP contribution in [0.2, 0.25) is 5.02 Å². The summed E-state index contributed by atoms with van der Waals surface area (Å²) in [5, 5.41) is 1.61. The molecule has 3 aromatic rings. The van der Waals surface area contributed by atoms with Gasteiger partial charge in [-0.05, 0) is 68.9 Å². The van der Waals surface area contributed by atoms with Gasteiger partial charge in [0.1, 0.15) is 0 Å². The second-order valence-corrected chi connectivity index (χ2v) is 10.6. The van der Waals surface area contributed by atoms with Gasteiger partial charge in [0.15, 0.2) is 0 Å². The van der Waals surface area contributed by atoms with Gasteiger partial charge in [0.25, 0.3) is 5.91 Å². The number of hydrogen-bond acceptors (Lipinski definition) is 5. The molecule has 7 nitrogen and oxygen atoms in total. The van der Waals surface area contributed by atoms with Gasteiger partial charge in [0.05, 0.1) is 17.1 Å². The van der Waals surface area contributed by atoms with Crippen molar-refractivity contribution in [1.82, 2.24) is 19.8 Å². The van der Waals surface area contributed by atoms with Crippen LogP contribution in [-0.4, -0.2) is 64.1 Å². The number of fused-ring (bicyclic) bond motifs is 2. The molecule has 0 radical (unpaired) electrons. The molecule has 5 rings (SSSR count). The van der Waals surface area contributed by atoms with Gasteiger partial charge in [0, 0.05) is 60.1 Å². The van der Waals surface area contributed by atoms with Gasteiger partial charge in [-0.1, -0.05) is 30.7 Å². The second-order valence-electron chi connectivity index (χ2n) is 10.2.